The van der Waals surface area contributed by atoms with Gasteiger partial charge in [0.05, 0.1) is 22.3 Å². The molecular weight excluding hydrogens is 362 g/mol. The Labute approximate surface area is 159 Å². The van der Waals surface area contributed by atoms with Crippen molar-refractivity contribution in [1.82, 2.24) is 14.5 Å². The van der Waals surface area contributed by atoms with Crippen LogP contribution in [0, 0.1) is 0 Å². The third kappa shape index (κ3) is 3.31. The van der Waals surface area contributed by atoms with Crippen LogP contribution >= 0.6 is 11.8 Å². The van der Waals surface area contributed by atoms with Gasteiger partial charge in [-0.25, -0.2) is 4.98 Å². The summed E-state index contributed by atoms with van der Waals surface area (Å²) in [6, 6.07) is 15.2. The number of imidazole rings is 1. The van der Waals surface area contributed by atoms with Crippen LogP contribution in [0.15, 0.2) is 63.9 Å². The van der Waals surface area contributed by atoms with Gasteiger partial charge in [0.2, 0.25) is 5.88 Å². The minimum absolute atomic E-state index is 0.104. The standard InChI is InChI=1S/C19H17N5O2S/c1-2-24-15-10-6-5-9-14(15)21-19(24)27-11-16(25)22-23-17-12-7-3-4-8-13(12)20-18(17)26/h3-10,20,26H,2,11H2,1H3. The predicted octanol–water partition coefficient (Wildman–Crippen LogP) is 4.65. The zero-order valence-electron chi connectivity index (χ0n) is 14.6. The highest BCUT2D eigenvalue weighted by atomic mass is 32.2. The Kier molecular flexibility index (Phi) is 4.64. The molecule has 27 heavy (non-hydrogen) atoms. The SMILES string of the molecule is CCn1c(SCC(=O)N=Nc2c(O)[nH]c3ccccc23)nc2ccccc21. The number of thioether (sulfide) groups is 1. The predicted molar refractivity (Wildman–Crippen MR) is 106 cm³/mol. The van der Waals surface area contributed by atoms with Crippen LogP contribution in [0.1, 0.15) is 6.92 Å². The number of azo groups is 1. The van der Waals surface area contributed by atoms with Crippen molar-refractivity contribution in [2.45, 2.75) is 18.6 Å². The second-order valence-corrected chi connectivity index (χ2v) is 6.82. The van der Waals surface area contributed by atoms with Gasteiger partial charge in [0.1, 0.15) is 0 Å². The molecule has 0 aliphatic carbocycles. The molecule has 8 heteroatoms. The number of aromatic hydroxyl groups is 1. The molecule has 2 aromatic carbocycles. The Balaban J connectivity index is 1.50. The smallest absolute Gasteiger partial charge is 0.275 e. The van der Waals surface area contributed by atoms with E-state index in [0.29, 0.717) is 5.39 Å². The molecule has 0 saturated carbocycles. The van der Waals surface area contributed by atoms with Gasteiger partial charge in [0, 0.05) is 11.9 Å². The van der Waals surface area contributed by atoms with E-state index in [2.05, 4.69) is 24.8 Å². The van der Waals surface area contributed by atoms with Crippen molar-refractivity contribution in [2.75, 3.05) is 5.75 Å². The summed E-state index contributed by atoms with van der Waals surface area (Å²) in [7, 11) is 0. The number of hydrogen-bond donors (Lipinski definition) is 2. The lowest BCUT2D eigenvalue weighted by atomic mass is 10.2. The molecule has 0 spiro atoms. The van der Waals surface area contributed by atoms with Gasteiger partial charge in [0.15, 0.2) is 10.8 Å². The van der Waals surface area contributed by atoms with E-state index in [1.165, 1.54) is 11.8 Å². The summed E-state index contributed by atoms with van der Waals surface area (Å²) < 4.78 is 2.07. The first-order chi connectivity index (χ1) is 13.2. The molecule has 2 aromatic heterocycles. The summed E-state index contributed by atoms with van der Waals surface area (Å²) in [4.78, 5) is 19.6. The third-order valence-corrected chi connectivity index (χ3v) is 5.14. The van der Waals surface area contributed by atoms with Crippen LogP contribution in [-0.4, -0.2) is 31.3 Å². The lowest BCUT2D eigenvalue weighted by molar-refractivity contribution is -0.115. The second kappa shape index (κ2) is 7.24. The quantitative estimate of drug-likeness (QED) is 0.390. The number of carbonyl (C=O) groups excluding carboxylic acids is 1. The monoisotopic (exact) mass is 379 g/mol. The number of nitrogens with one attached hydrogen (secondary N) is 1. The minimum Gasteiger partial charge on any atom is -0.493 e. The number of aromatic nitrogens is 3. The fraction of sp³-hybridized carbons (Fsp3) is 0.158. The van der Waals surface area contributed by atoms with Crippen LogP contribution < -0.4 is 0 Å². The Bertz CT molecular complexity index is 1160. The van der Waals surface area contributed by atoms with Crippen molar-refractivity contribution in [3.8, 4) is 5.88 Å². The van der Waals surface area contributed by atoms with Crippen LogP contribution in [0.3, 0.4) is 0 Å². The van der Waals surface area contributed by atoms with Gasteiger partial charge in [0.25, 0.3) is 5.91 Å². The fourth-order valence-electron chi connectivity index (χ4n) is 2.94. The van der Waals surface area contributed by atoms with Crippen LogP contribution in [0.4, 0.5) is 5.69 Å². The van der Waals surface area contributed by atoms with Crippen molar-refractivity contribution in [2.24, 2.45) is 10.2 Å². The van der Waals surface area contributed by atoms with Crippen molar-refractivity contribution in [3.63, 3.8) is 0 Å². The molecule has 0 bridgehead atoms. The van der Waals surface area contributed by atoms with Crippen molar-refractivity contribution < 1.29 is 9.90 Å². The molecule has 0 aliphatic heterocycles. The molecule has 7 nitrogen and oxygen atoms in total. The summed E-state index contributed by atoms with van der Waals surface area (Å²) >= 11 is 1.33. The summed E-state index contributed by atoms with van der Waals surface area (Å²) in [5.74, 6) is -0.372. The molecule has 0 unspecified atom stereocenters. The lowest BCUT2D eigenvalue weighted by Crippen LogP contribution is -2.00. The number of carbonyl (C=O) groups is 1. The Morgan fingerprint density at radius 3 is 2.85 bits per heavy atom. The van der Waals surface area contributed by atoms with Crippen molar-refractivity contribution >= 4 is 45.3 Å². The Morgan fingerprint density at radius 2 is 2.00 bits per heavy atom. The molecular formula is C19H17N5O2S. The van der Waals surface area contributed by atoms with E-state index in [9.17, 15) is 9.90 Å². The van der Waals surface area contributed by atoms with Gasteiger partial charge in [-0.1, -0.05) is 42.1 Å². The van der Waals surface area contributed by atoms with Gasteiger partial charge in [-0.2, -0.15) is 0 Å². The minimum atomic E-state index is -0.389. The van der Waals surface area contributed by atoms with E-state index in [0.717, 1.165) is 28.3 Å². The van der Waals surface area contributed by atoms with E-state index in [1.807, 2.05) is 55.5 Å². The van der Waals surface area contributed by atoms with E-state index < -0.39 is 0 Å². The van der Waals surface area contributed by atoms with Gasteiger partial charge in [-0.3, -0.25) is 4.79 Å². The van der Waals surface area contributed by atoms with E-state index in [-0.39, 0.29) is 23.2 Å². The molecule has 0 aliphatic rings. The first-order valence-corrected chi connectivity index (χ1v) is 9.48. The highest BCUT2D eigenvalue weighted by molar-refractivity contribution is 7.99. The molecule has 2 heterocycles. The van der Waals surface area contributed by atoms with Crippen molar-refractivity contribution in [1.29, 1.82) is 0 Å². The topological polar surface area (TPSA) is 95.6 Å². The zero-order chi connectivity index (χ0) is 18.8. The van der Waals surface area contributed by atoms with Crippen LogP contribution in [0.2, 0.25) is 0 Å². The normalized spacial score (nSPS) is 11.7. The number of benzene rings is 2. The average molecular weight is 379 g/mol. The fourth-order valence-corrected chi connectivity index (χ4v) is 3.80. The highest BCUT2D eigenvalue weighted by Crippen LogP contribution is 2.35. The molecule has 1 amide bonds. The number of aromatic amines is 1. The number of fused-ring (bicyclic) bond motifs is 2. The molecule has 136 valence electrons. The number of amides is 1. The summed E-state index contributed by atoms with van der Waals surface area (Å²) in [6.45, 7) is 2.81. The van der Waals surface area contributed by atoms with Crippen LogP contribution in [-0.2, 0) is 11.3 Å². The van der Waals surface area contributed by atoms with Gasteiger partial charge < -0.3 is 14.7 Å². The van der Waals surface area contributed by atoms with E-state index >= 15 is 0 Å². The maximum absolute atomic E-state index is 12.2. The maximum Gasteiger partial charge on any atom is 0.275 e. The number of hydrogen-bond acceptors (Lipinski definition) is 5. The first-order valence-electron chi connectivity index (χ1n) is 8.49. The lowest BCUT2D eigenvalue weighted by Gasteiger charge is -2.03. The van der Waals surface area contributed by atoms with Gasteiger partial charge in [-0.05, 0) is 25.1 Å². The first kappa shape index (κ1) is 17.3. The van der Waals surface area contributed by atoms with Gasteiger partial charge in [-0.15, -0.1) is 10.2 Å². The van der Waals surface area contributed by atoms with Crippen LogP contribution in [0.25, 0.3) is 21.9 Å². The number of para-hydroxylation sites is 3. The number of nitrogens with zero attached hydrogens (tertiary/aromatic N) is 4. The zero-order valence-corrected chi connectivity index (χ0v) is 15.4. The number of aryl methyl sites for hydroxylation is 1. The van der Waals surface area contributed by atoms with Gasteiger partial charge >= 0.3 is 0 Å². The Morgan fingerprint density at radius 1 is 1.22 bits per heavy atom. The molecule has 4 aromatic rings. The summed E-state index contributed by atoms with van der Waals surface area (Å²) in [5, 5.41) is 19.2. The van der Waals surface area contributed by atoms with Crippen LogP contribution in [0.5, 0.6) is 5.88 Å². The second-order valence-electron chi connectivity index (χ2n) is 5.88. The van der Waals surface area contributed by atoms with E-state index in [4.69, 9.17) is 0 Å². The highest BCUT2D eigenvalue weighted by Gasteiger charge is 2.13. The molecule has 0 fully saturated rings. The molecule has 4 rings (SSSR count). The average Bonchev–Trinajstić information content (AvgIpc) is 3.20. The molecule has 0 atom stereocenters. The largest absolute Gasteiger partial charge is 0.493 e. The third-order valence-electron chi connectivity index (χ3n) is 4.18. The number of rotatable bonds is 5. The van der Waals surface area contributed by atoms with Crippen molar-refractivity contribution in [3.05, 3.63) is 48.5 Å². The molecule has 2 N–H and O–H groups in total. The molecule has 0 saturated heterocycles. The summed E-state index contributed by atoms with van der Waals surface area (Å²) in [5.41, 5.74) is 2.95. The summed E-state index contributed by atoms with van der Waals surface area (Å²) in [6.07, 6.45) is 0. The Hall–Kier alpha value is -3.13. The maximum atomic E-state index is 12.2. The molecule has 0 radical (unpaired) electrons. The van der Waals surface area contributed by atoms with E-state index in [1.54, 1.807) is 0 Å². The number of H-pyrrole nitrogens is 1.